The van der Waals surface area contributed by atoms with E-state index >= 15 is 0 Å². The third kappa shape index (κ3) is 2.84. The minimum Gasteiger partial charge on any atom is -0.271 e. The highest BCUT2D eigenvalue weighted by molar-refractivity contribution is 7.90. The largest absolute Gasteiger partial charge is 0.271 e. The zero-order chi connectivity index (χ0) is 13.2. The van der Waals surface area contributed by atoms with Crippen molar-refractivity contribution < 1.29 is 8.42 Å². The van der Waals surface area contributed by atoms with Crippen LogP contribution in [0.5, 0.6) is 0 Å². The van der Waals surface area contributed by atoms with Gasteiger partial charge in [-0.25, -0.2) is 8.42 Å². The number of benzene rings is 1. The Morgan fingerprint density at radius 1 is 1.33 bits per heavy atom. The van der Waals surface area contributed by atoms with Crippen molar-refractivity contribution in [2.45, 2.75) is 6.04 Å². The van der Waals surface area contributed by atoms with E-state index in [4.69, 9.17) is 5.84 Å². The lowest BCUT2D eigenvalue weighted by Crippen LogP contribution is -2.33. The Balaban J connectivity index is 2.51. The SMILES string of the molecule is CS(=O)(=O)CC(NN)c1cccc2cccnc12. The Morgan fingerprint density at radius 2 is 2.06 bits per heavy atom. The number of aromatic nitrogens is 1. The number of nitrogens with one attached hydrogen (secondary N) is 1. The molecule has 2 aromatic rings. The smallest absolute Gasteiger partial charge is 0.149 e. The Kier molecular flexibility index (Phi) is 3.60. The molecule has 6 heteroatoms. The maximum Gasteiger partial charge on any atom is 0.149 e. The van der Waals surface area contributed by atoms with E-state index in [-0.39, 0.29) is 5.75 Å². The molecule has 18 heavy (non-hydrogen) atoms. The standard InChI is InChI=1S/C12H15N3O2S/c1-18(16,17)8-11(15-13)10-6-2-4-9-5-3-7-14-12(9)10/h2-7,11,15H,8,13H2,1H3. The maximum absolute atomic E-state index is 11.4. The Labute approximate surface area is 106 Å². The Bertz CT molecular complexity index is 650. The summed E-state index contributed by atoms with van der Waals surface area (Å²) in [4.78, 5) is 4.29. The van der Waals surface area contributed by atoms with Gasteiger partial charge < -0.3 is 0 Å². The fourth-order valence-electron chi connectivity index (χ4n) is 1.94. The van der Waals surface area contributed by atoms with Crippen LogP contribution in [0.4, 0.5) is 0 Å². The van der Waals surface area contributed by atoms with Crippen molar-refractivity contribution >= 4 is 20.7 Å². The molecule has 0 radical (unpaired) electrons. The quantitative estimate of drug-likeness (QED) is 0.630. The first-order chi connectivity index (χ1) is 8.51. The average Bonchev–Trinajstić information content (AvgIpc) is 2.34. The van der Waals surface area contributed by atoms with Crippen LogP contribution in [0.1, 0.15) is 11.6 Å². The summed E-state index contributed by atoms with van der Waals surface area (Å²) in [7, 11) is -3.12. The van der Waals surface area contributed by atoms with Gasteiger partial charge in [-0.3, -0.25) is 16.3 Å². The van der Waals surface area contributed by atoms with Crippen LogP contribution in [-0.2, 0) is 9.84 Å². The predicted octanol–water partition coefficient (Wildman–Crippen LogP) is 0.784. The normalized spacial score (nSPS) is 13.7. The van der Waals surface area contributed by atoms with Crippen LogP contribution in [-0.4, -0.2) is 25.4 Å². The summed E-state index contributed by atoms with van der Waals surface area (Å²) in [6.07, 6.45) is 2.87. The Hall–Kier alpha value is -1.50. The van der Waals surface area contributed by atoms with Crippen molar-refractivity contribution in [3.05, 3.63) is 42.1 Å². The van der Waals surface area contributed by atoms with Crippen molar-refractivity contribution in [3.8, 4) is 0 Å². The second kappa shape index (κ2) is 5.01. The summed E-state index contributed by atoms with van der Waals surface area (Å²) in [5.41, 5.74) is 4.11. The third-order valence-corrected chi connectivity index (χ3v) is 3.65. The van der Waals surface area contributed by atoms with Crippen molar-refractivity contribution in [2.75, 3.05) is 12.0 Å². The van der Waals surface area contributed by atoms with Gasteiger partial charge in [-0.2, -0.15) is 0 Å². The highest BCUT2D eigenvalue weighted by Gasteiger charge is 2.18. The average molecular weight is 265 g/mol. The maximum atomic E-state index is 11.4. The number of pyridine rings is 1. The molecule has 0 fully saturated rings. The van der Waals surface area contributed by atoms with Crippen molar-refractivity contribution in [3.63, 3.8) is 0 Å². The van der Waals surface area contributed by atoms with Gasteiger partial charge in [-0.05, 0) is 11.6 Å². The molecule has 0 saturated carbocycles. The van der Waals surface area contributed by atoms with Crippen molar-refractivity contribution in [1.82, 2.24) is 10.4 Å². The van der Waals surface area contributed by atoms with Crippen LogP contribution >= 0.6 is 0 Å². The number of fused-ring (bicyclic) bond motifs is 1. The minimum atomic E-state index is -3.12. The van der Waals surface area contributed by atoms with E-state index in [1.165, 1.54) is 6.26 Å². The molecule has 1 aromatic heterocycles. The van der Waals surface area contributed by atoms with Gasteiger partial charge in [0.2, 0.25) is 0 Å². The molecular weight excluding hydrogens is 250 g/mol. The van der Waals surface area contributed by atoms with Gasteiger partial charge in [-0.15, -0.1) is 0 Å². The zero-order valence-corrected chi connectivity index (χ0v) is 10.8. The van der Waals surface area contributed by atoms with Gasteiger partial charge in [0.15, 0.2) is 0 Å². The molecule has 0 bridgehead atoms. The summed E-state index contributed by atoms with van der Waals surface area (Å²) < 4.78 is 22.8. The van der Waals surface area contributed by atoms with E-state index < -0.39 is 15.9 Å². The zero-order valence-electron chi connectivity index (χ0n) is 10.00. The first kappa shape index (κ1) is 12.9. The molecular formula is C12H15N3O2S. The lowest BCUT2D eigenvalue weighted by atomic mass is 10.0. The van der Waals surface area contributed by atoms with Gasteiger partial charge in [0.25, 0.3) is 0 Å². The first-order valence-corrected chi connectivity index (χ1v) is 7.55. The molecule has 0 amide bonds. The number of para-hydroxylation sites is 1. The second-order valence-corrected chi connectivity index (χ2v) is 6.42. The number of hydrogen-bond donors (Lipinski definition) is 2. The highest BCUT2D eigenvalue weighted by atomic mass is 32.2. The van der Waals surface area contributed by atoms with Gasteiger partial charge in [0, 0.05) is 17.8 Å². The lowest BCUT2D eigenvalue weighted by molar-refractivity contribution is 0.565. The molecule has 0 spiro atoms. The molecule has 0 aliphatic rings. The minimum absolute atomic E-state index is 0.0564. The van der Waals surface area contributed by atoms with E-state index in [1.54, 1.807) is 6.20 Å². The fraction of sp³-hybridized carbons (Fsp3) is 0.250. The predicted molar refractivity (Wildman–Crippen MR) is 71.5 cm³/mol. The molecule has 1 atom stereocenters. The molecule has 0 aliphatic carbocycles. The Morgan fingerprint density at radius 3 is 2.72 bits per heavy atom. The summed E-state index contributed by atoms with van der Waals surface area (Å²) in [5.74, 6) is 5.40. The fourth-order valence-corrected chi connectivity index (χ4v) is 2.82. The number of rotatable bonds is 4. The summed E-state index contributed by atoms with van der Waals surface area (Å²) in [6.45, 7) is 0. The van der Waals surface area contributed by atoms with E-state index in [0.29, 0.717) is 0 Å². The summed E-state index contributed by atoms with van der Waals surface area (Å²) in [6, 6.07) is 8.95. The highest BCUT2D eigenvalue weighted by Crippen LogP contribution is 2.22. The van der Waals surface area contributed by atoms with Gasteiger partial charge in [-0.1, -0.05) is 24.3 Å². The molecule has 2 rings (SSSR count). The topological polar surface area (TPSA) is 85.1 Å². The third-order valence-electron chi connectivity index (χ3n) is 2.71. The number of hydrogen-bond acceptors (Lipinski definition) is 5. The van der Waals surface area contributed by atoms with Gasteiger partial charge in [0.1, 0.15) is 9.84 Å². The monoisotopic (exact) mass is 265 g/mol. The van der Waals surface area contributed by atoms with E-state index in [9.17, 15) is 8.42 Å². The molecule has 0 aliphatic heterocycles. The van der Waals surface area contributed by atoms with Crippen LogP contribution in [0.15, 0.2) is 36.5 Å². The molecule has 3 N–H and O–H groups in total. The van der Waals surface area contributed by atoms with Crippen LogP contribution in [0, 0.1) is 0 Å². The van der Waals surface area contributed by atoms with E-state index in [0.717, 1.165) is 16.5 Å². The van der Waals surface area contributed by atoms with Gasteiger partial charge >= 0.3 is 0 Å². The molecule has 5 nitrogen and oxygen atoms in total. The number of nitrogens with two attached hydrogens (primary N) is 1. The molecule has 0 saturated heterocycles. The van der Waals surface area contributed by atoms with E-state index in [2.05, 4.69) is 10.4 Å². The number of nitrogens with zero attached hydrogens (tertiary/aromatic N) is 1. The second-order valence-electron chi connectivity index (χ2n) is 4.23. The molecule has 96 valence electrons. The van der Waals surface area contributed by atoms with Crippen LogP contribution < -0.4 is 11.3 Å². The van der Waals surface area contributed by atoms with Gasteiger partial charge in [0.05, 0.1) is 17.3 Å². The molecule has 1 aromatic carbocycles. The van der Waals surface area contributed by atoms with Crippen molar-refractivity contribution in [1.29, 1.82) is 0 Å². The molecule has 1 unspecified atom stereocenters. The summed E-state index contributed by atoms with van der Waals surface area (Å²) >= 11 is 0. The van der Waals surface area contributed by atoms with Crippen LogP contribution in [0.25, 0.3) is 10.9 Å². The van der Waals surface area contributed by atoms with Crippen LogP contribution in [0.2, 0.25) is 0 Å². The molecule has 1 heterocycles. The van der Waals surface area contributed by atoms with E-state index in [1.807, 2.05) is 30.3 Å². The first-order valence-electron chi connectivity index (χ1n) is 5.49. The number of hydrazine groups is 1. The van der Waals surface area contributed by atoms with Crippen LogP contribution in [0.3, 0.4) is 0 Å². The summed E-state index contributed by atoms with van der Waals surface area (Å²) in [5, 5.41) is 0.962. The lowest BCUT2D eigenvalue weighted by Gasteiger charge is -2.16. The number of sulfone groups is 1. The van der Waals surface area contributed by atoms with Crippen molar-refractivity contribution in [2.24, 2.45) is 5.84 Å².